The summed E-state index contributed by atoms with van der Waals surface area (Å²) < 4.78 is 5.68. The molecule has 5 heteroatoms. The lowest BCUT2D eigenvalue weighted by Crippen LogP contribution is -2.23. The van der Waals surface area contributed by atoms with Gasteiger partial charge in [0.25, 0.3) is 0 Å². The van der Waals surface area contributed by atoms with Crippen LogP contribution in [-0.2, 0) is 6.54 Å². The summed E-state index contributed by atoms with van der Waals surface area (Å²) in [5.74, 6) is 3.39. The van der Waals surface area contributed by atoms with Gasteiger partial charge in [0.05, 0.1) is 12.2 Å². The summed E-state index contributed by atoms with van der Waals surface area (Å²) in [4.78, 5) is 11.2. The number of oxazole rings is 1. The van der Waals surface area contributed by atoms with Crippen molar-refractivity contribution in [3.05, 3.63) is 41.2 Å². The summed E-state index contributed by atoms with van der Waals surface area (Å²) in [5.41, 5.74) is 2.23. The summed E-state index contributed by atoms with van der Waals surface area (Å²) in [5, 5.41) is 3.45. The minimum absolute atomic E-state index is 0.652. The van der Waals surface area contributed by atoms with Crippen LogP contribution in [-0.4, -0.2) is 34.5 Å². The third-order valence-electron chi connectivity index (χ3n) is 4.29. The maximum absolute atomic E-state index is 5.68. The Hall–Kier alpha value is -1.88. The van der Waals surface area contributed by atoms with Crippen molar-refractivity contribution in [2.24, 2.45) is 5.92 Å². The number of aryl methyl sites for hydroxylation is 3. The first kappa shape index (κ1) is 15.0. The fourth-order valence-electron chi connectivity index (χ4n) is 2.90. The van der Waals surface area contributed by atoms with Crippen LogP contribution >= 0.6 is 0 Å². The van der Waals surface area contributed by atoms with Gasteiger partial charge in [-0.15, -0.1) is 0 Å². The number of aromatic nitrogens is 2. The number of anilines is 1. The fraction of sp³-hybridized carbons (Fsp3) is 0.529. The standard InChI is InChI=1S/C17H24N4O/c1-12-4-6-18-16(8-12)19-9-15-5-7-21(10-15)11-17-20-13(2)14(3)22-17/h4,6,8,15H,5,7,9-11H2,1-3H3,(H,18,19)/t15-/m1/s1. The van der Waals surface area contributed by atoms with Gasteiger partial charge < -0.3 is 9.73 Å². The lowest BCUT2D eigenvalue weighted by molar-refractivity contribution is 0.279. The normalized spacial score (nSPS) is 18.8. The summed E-state index contributed by atoms with van der Waals surface area (Å²) in [6, 6.07) is 4.11. The second-order valence-electron chi connectivity index (χ2n) is 6.24. The molecule has 0 spiro atoms. The highest BCUT2D eigenvalue weighted by atomic mass is 16.4. The molecule has 0 unspecified atom stereocenters. The van der Waals surface area contributed by atoms with Crippen LogP contribution in [0.15, 0.2) is 22.7 Å². The SMILES string of the molecule is Cc1ccnc(NC[C@H]2CCN(Cc3nc(C)c(C)o3)C2)c1. The first-order valence-corrected chi connectivity index (χ1v) is 7.92. The van der Waals surface area contributed by atoms with Gasteiger partial charge in [0.15, 0.2) is 0 Å². The van der Waals surface area contributed by atoms with Crippen molar-refractivity contribution in [1.29, 1.82) is 0 Å². The predicted octanol–water partition coefficient (Wildman–Crippen LogP) is 2.93. The third kappa shape index (κ3) is 3.65. The molecule has 0 aromatic carbocycles. The Morgan fingerprint density at radius 2 is 2.23 bits per heavy atom. The molecule has 1 aliphatic heterocycles. The van der Waals surface area contributed by atoms with E-state index in [1.165, 1.54) is 12.0 Å². The lowest BCUT2D eigenvalue weighted by Gasteiger charge is -2.14. The fourth-order valence-corrected chi connectivity index (χ4v) is 2.90. The van der Waals surface area contributed by atoms with Gasteiger partial charge in [-0.25, -0.2) is 9.97 Å². The molecule has 2 aromatic heterocycles. The van der Waals surface area contributed by atoms with E-state index in [2.05, 4.69) is 33.2 Å². The quantitative estimate of drug-likeness (QED) is 0.920. The highest BCUT2D eigenvalue weighted by Crippen LogP contribution is 2.20. The Morgan fingerprint density at radius 1 is 1.36 bits per heavy atom. The largest absolute Gasteiger partial charge is 0.444 e. The number of rotatable bonds is 5. The van der Waals surface area contributed by atoms with Crippen molar-refractivity contribution in [2.45, 2.75) is 33.7 Å². The Labute approximate surface area is 131 Å². The molecule has 1 N–H and O–H groups in total. The van der Waals surface area contributed by atoms with Crippen molar-refractivity contribution in [3.8, 4) is 0 Å². The number of likely N-dealkylation sites (tertiary alicyclic amines) is 1. The minimum Gasteiger partial charge on any atom is -0.444 e. The van der Waals surface area contributed by atoms with E-state index in [1.807, 2.05) is 26.1 Å². The zero-order chi connectivity index (χ0) is 15.5. The molecule has 0 bridgehead atoms. The zero-order valence-electron chi connectivity index (χ0n) is 13.6. The number of nitrogens with zero attached hydrogens (tertiary/aromatic N) is 3. The van der Waals surface area contributed by atoms with Gasteiger partial charge in [0, 0.05) is 19.3 Å². The predicted molar refractivity (Wildman–Crippen MR) is 86.8 cm³/mol. The van der Waals surface area contributed by atoms with Crippen molar-refractivity contribution < 1.29 is 4.42 Å². The van der Waals surface area contributed by atoms with Crippen LogP contribution in [0.5, 0.6) is 0 Å². The van der Waals surface area contributed by atoms with Crippen LogP contribution in [0.25, 0.3) is 0 Å². The van der Waals surface area contributed by atoms with Crippen molar-refractivity contribution >= 4 is 5.82 Å². The first-order valence-electron chi connectivity index (χ1n) is 7.92. The summed E-state index contributed by atoms with van der Waals surface area (Å²) in [6.45, 7) is 10.0. The van der Waals surface area contributed by atoms with E-state index in [1.54, 1.807) is 0 Å². The Balaban J connectivity index is 1.48. The maximum Gasteiger partial charge on any atom is 0.208 e. The highest BCUT2D eigenvalue weighted by Gasteiger charge is 2.23. The summed E-state index contributed by atoms with van der Waals surface area (Å²) >= 11 is 0. The molecule has 0 amide bonds. The molecule has 2 aromatic rings. The molecular formula is C17H24N4O. The molecule has 3 rings (SSSR count). The van der Waals surface area contributed by atoms with E-state index in [4.69, 9.17) is 4.42 Å². The number of hydrogen-bond acceptors (Lipinski definition) is 5. The minimum atomic E-state index is 0.652. The third-order valence-corrected chi connectivity index (χ3v) is 4.29. The molecule has 118 valence electrons. The number of nitrogens with one attached hydrogen (secondary N) is 1. The average molecular weight is 300 g/mol. The number of hydrogen-bond donors (Lipinski definition) is 1. The maximum atomic E-state index is 5.68. The van der Waals surface area contributed by atoms with Crippen LogP contribution in [0.2, 0.25) is 0 Å². The first-order chi connectivity index (χ1) is 10.6. The summed E-state index contributed by atoms with van der Waals surface area (Å²) in [6.07, 6.45) is 3.06. The second-order valence-corrected chi connectivity index (χ2v) is 6.24. The highest BCUT2D eigenvalue weighted by molar-refractivity contribution is 5.36. The molecule has 0 radical (unpaired) electrons. The van der Waals surface area contributed by atoms with Crippen LogP contribution in [0.4, 0.5) is 5.82 Å². The molecule has 1 fully saturated rings. The number of pyridine rings is 1. The van der Waals surface area contributed by atoms with Crippen molar-refractivity contribution in [3.63, 3.8) is 0 Å². The van der Waals surface area contributed by atoms with E-state index in [0.717, 1.165) is 49.3 Å². The molecule has 22 heavy (non-hydrogen) atoms. The average Bonchev–Trinajstić information content (AvgIpc) is 3.04. The van der Waals surface area contributed by atoms with Crippen LogP contribution in [0, 0.1) is 26.7 Å². The van der Waals surface area contributed by atoms with Gasteiger partial charge in [-0.2, -0.15) is 0 Å². The van der Waals surface area contributed by atoms with Crippen LogP contribution in [0.1, 0.15) is 29.3 Å². The van der Waals surface area contributed by atoms with Gasteiger partial charge in [0.1, 0.15) is 11.6 Å². The lowest BCUT2D eigenvalue weighted by atomic mass is 10.1. The molecule has 3 heterocycles. The molecule has 5 nitrogen and oxygen atoms in total. The van der Waals surface area contributed by atoms with Crippen LogP contribution in [0.3, 0.4) is 0 Å². The van der Waals surface area contributed by atoms with E-state index < -0.39 is 0 Å². The molecule has 1 saturated heterocycles. The molecule has 1 atom stereocenters. The van der Waals surface area contributed by atoms with Gasteiger partial charge in [-0.1, -0.05) is 0 Å². The molecule has 1 aliphatic rings. The van der Waals surface area contributed by atoms with Gasteiger partial charge >= 0.3 is 0 Å². The van der Waals surface area contributed by atoms with Crippen molar-refractivity contribution in [1.82, 2.24) is 14.9 Å². The molecular weight excluding hydrogens is 276 g/mol. The Bertz CT molecular complexity index is 618. The topological polar surface area (TPSA) is 54.2 Å². The zero-order valence-corrected chi connectivity index (χ0v) is 13.6. The molecule has 0 saturated carbocycles. The van der Waals surface area contributed by atoms with Crippen LogP contribution < -0.4 is 5.32 Å². The Kier molecular flexibility index (Phi) is 4.43. The molecule has 0 aliphatic carbocycles. The van der Waals surface area contributed by atoms with E-state index in [-0.39, 0.29) is 0 Å². The van der Waals surface area contributed by atoms with E-state index >= 15 is 0 Å². The second kappa shape index (κ2) is 6.48. The van der Waals surface area contributed by atoms with E-state index in [0.29, 0.717) is 5.92 Å². The monoisotopic (exact) mass is 300 g/mol. The van der Waals surface area contributed by atoms with Gasteiger partial charge in [-0.05, 0) is 57.4 Å². The van der Waals surface area contributed by atoms with E-state index in [9.17, 15) is 0 Å². The van der Waals surface area contributed by atoms with Crippen molar-refractivity contribution in [2.75, 3.05) is 25.0 Å². The smallest absolute Gasteiger partial charge is 0.208 e. The van der Waals surface area contributed by atoms with Gasteiger partial charge in [-0.3, -0.25) is 4.90 Å². The van der Waals surface area contributed by atoms with Gasteiger partial charge in [0.2, 0.25) is 5.89 Å². The summed E-state index contributed by atoms with van der Waals surface area (Å²) in [7, 11) is 0. The Morgan fingerprint density at radius 3 is 2.95 bits per heavy atom.